The van der Waals surface area contributed by atoms with Crippen LogP contribution in [0.1, 0.15) is 18.9 Å². The molecule has 6 nitrogen and oxygen atoms in total. The van der Waals surface area contributed by atoms with Crippen LogP contribution in [-0.4, -0.2) is 42.3 Å². The largest absolute Gasteiger partial charge is 0.376 e. The first-order chi connectivity index (χ1) is 12.3. The summed E-state index contributed by atoms with van der Waals surface area (Å²) in [4.78, 5) is 8.30. The molecule has 2 aromatic rings. The first-order valence-electron chi connectivity index (χ1n) is 8.80. The van der Waals surface area contributed by atoms with Crippen LogP contribution in [0.5, 0.6) is 0 Å². The summed E-state index contributed by atoms with van der Waals surface area (Å²) in [5.74, 6) is 1.24. The highest BCUT2D eigenvalue weighted by atomic mass is 16.5. The average Bonchev–Trinajstić information content (AvgIpc) is 3.15. The van der Waals surface area contributed by atoms with Gasteiger partial charge in [-0.3, -0.25) is 4.99 Å². The summed E-state index contributed by atoms with van der Waals surface area (Å²) in [7, 11) is 1.79. The van der Waals surface area contributed by atoms with Gasteiger partial charge in [0.1, 0.15) is 0 Å². The number of aliphatic imine (C=N–C) groups is 1. The van der Waals surface area contributed by atoms with Gasteiger partial charge >= 0.3 is 0 Å². The molecule has 6 heteroatoms. The van der Waals surface area contributed by atoms with E-state index in [0.717, 1.165) is 38.6 Å². The molecule has 2 N–H and O–H groups in total. The number of benzene rings is 1. The predicted octanol–water partition coefficient (Wildman–Crippen LogP) is 2.29. The average molecular weight is 343 g/mol. The molecule has 0 aliphatic heterocycles. The Hall–Kier alpha value is -2.34. The molecule has 0 saturated carbocycles. The Morgan fingerprint density at radius 2 is 2.12 bits per heavy atom. The second kappa shape index (κ2) is 11.3. The summed E-state index contributed by atoms with van der Waals surface area (Å²) < 4.78 is 7.85. The van der Waals surface area contributed by atoms with Crippen molar-refractivity contribution in [1.82, 2.24) is 20.2 Å². The molecule has 0 aliphatic rings. The summed E-state index contributed by atoms with van der Waals surface area (Å²) in [5, 5.41) is 6.68. The van der Waals surface area contributed by atoms with Crippen molar-refractivity contribution >= 4 is 5.96 Å². The maximum Gasteiger partial charge on any atom is 0.190 e. The van der Waals surface area contributed by atoms with Gasteiger partial charge in [0.05, 0.1) is 19.5 Å². The van der Waals surface area contributed by atoms with Gasteiger partial charge in [-0.1, -0.05) is 37.3 Å². The molecular formula is C19H29N5O. The molecule has 1 aromatic heterocycles. The quantitative estimate of drug-likeness (QED) is 0.395. The Kier molecular flexibility index (Phi) is 8.55. The fourth-order valence-electron chi connectivity index (χ4n) is 2.39. The zero-order valence-electron chi connectivity index (χ0n) is 15.2. The normalized spacial score (nSPS) is 12.8. The summed E-state index contributed by atoms with van der Waals surface area (Å²) in [6.45, 7) is 6.21. The number of aromatic nitrogens is 2. The second-order valence-corrected chi connectivity index (χ2v) is 6.14. The third-order valence-corrected chi connectivity index (χ3v) is 3.80. The minimum Gasteiger partial charge on any atom is -0.376 e. The summed E-state index contributed by atoms with van der Waals surface area (Å²) in [6, 6.07) is 10.2. The summed E-state index contributed by atoms with van der Waals surface area (Å²) in [5.41, 5.74) is 1.21. The highest BCUT2D eigenvalue weighted by molar-refractivity contribution is 5.79. The van der Waals surface area contributed by atoms with Crippen molar-refractivity contribution in [3.63, 3.8) is 0 Å². The van der Waals surface area contributed by atoms with Gasteiger partial charge in [0.15, 0.2) is 5.96 Å². The third-order valence-electron chi connectivity index (χ3n) is 3.80. The molecule has 0 bridgehead atoms. The molecule has 0 amide bonds. The summed E-state index contributed by atoms with van der Waals surface area (Å²) in [6.07, 6.45) is 6.64. The second-order valence-electron chi connectivity index (χ2n) is 6.14. The Bertz CT molecular complexity index is 598. The lowest BCUT2D eigenvalue weighted by Crippen LogP contribution is -2.40. The summed E-state index contributed by atoms with van der Waals surface area (Å²) >= 11 is 0. The van der Waals surface area contributed by atoms with E-state index >= 15 is 0 Å². The van der Waals surface area contributed by atoms with Crippen LogP contribution >= 0.6 is 0 Å². The van der Waals surface area contributed by atoms with Gasteiger partial charge < -0.3 is 19.9 Å². The van der Waals surface area contributed by atoms with E-state index < -0.39 is 0 Å². The standard InChI is InChI=1S/C19H29N5O/c1-17(14-25-15-18-7-4-3-5-8-18)13-23-19(20-2)22-9-6-11-24-12-10-21-16-24/h3-5,7-8,10,12,16-17H,6,9,11,13-15H2,1-2H3,(H2,20,22,23). The Labute approximate surface area is 150 Å². The number of hydrogen-bond acceptors (Lipinski definition) is 3. The van der Waals surface area contributed by atoms with Crippen LogP contribution in [-0.2, 0) is 17.9 Å². The minimum atomic E-state index is 0.410. The van der Waals surface area contributed by atoms with E-state index in [9.17, 15) is 0 Å². The van der Waals surface area contributed by atoms with Crippen LogP contribution in [0.4, 0.5) is 0 Å². The fourth-order valence-corrected chi connectivity index (χ4v) is 2.39. The van der Waals surface area contributed by atoms with Crippen molar-refractivity contribution in [2.24, 2.45) is 10.9 Å². The smallest absolute Gasteiger partial charge is 0.190 e. The lowest BCUT2D eigenvalue weighted by atomic mass is 10.2. The number of aryl methyl sites for hydroxylation is 1. The maximum atomic E-state index is 5.78. The zero-order valence-corrected chi connectivity index (χ0v) is 15.2. The molecule has 0 spiro atoms. The monoisotopic (exact) mass is 343 g/mol. The molecule has 0 fully saturated rings. The van der Waals surface area contributed by atoms with E-state index in [1.807, 2.05) is 30.7 Å². The van der Waals surface area contributed by atoms with E-state index in [1.54, 1.807) is 13.2 Å². The molecule has 2 rings (SSSR count). The van der Waals surface area contributed by atoms with Gasteiger partial charge in [0.2, 0.25) is 0 Å². The predicted molar refractivity (Wildman–Crippen MR) is 101 cm³/mol. The molecule has 0 aliphatic carbocycles. The van der Waals surface area contributed by atoms with Crippen LogP contribution in [0.3, 0.4) is 0 Å². The van der Waals surface area contributed by atoms with Gasteiger partial charge in [-0.05, 0) is 17.9 Å². The highest BCUT2D eigenvalue weighted by Crippen LogP contribution is 2.02. The van der Waals surface area contributed by atoms with Crippen molar-refractivity contribution < 1.29 is 4.74 Å². The zero-order chi connectivity index (χ0) is 17.7. The van der Waals surface area contributed by atoms with E-state index in [0.29, 0.717) is 12.5 Å². The van der Waals surface area contributed by atoms with Crippen LogP contribution in [0.25, 0.3) is 0 Å². The first-order valence-corrected chi connectivity index (χ1v) is 8.80. The molecule has 136 valence electrons. The molecule has 0 saturated heterocycles. The number of rotatable bonds is 10. The van der Waals surface area contributed by atoms with Crippen LogP contribution < -0.4 is 10.6 Å². The molecule has 1 unspecified atom stereocenters. The van der Waals surface area contributed by atoms with Gasteiger partial charge in [-0.25, -0.2) is 4.98 Å². The molecule has 1 aromatic carbocycles. The van der Waals surface area contributed by atoms with E-state index in [4.69, 9.17) is 4.74 Å². The van der Waals surface area contributed by atoms with Gasteiger partial charge in [0.25, 0.3) is 0 Å². The number of guanidine groups is 1. The van der Waals surface area contributed by atoms with Crippen molar-refractivity contribution in [1.29, 1.82) is 0 Å². The lowest BCUT2D eigenvalue weighted by Gasteiger charge is -2.16. The van der Waals surface area contributed by atoms with E-state index in [1.165, 1.54) is 5.56 Å². The third kappa shape index (κ3) is 7.85. The van der Waals surface area contributed by atoms with Gasteiger partial charge in [-0.2, -0.15) is 0 Å². The lowest BCUT2D eigenvalue weighted by molar-refractivity contribution is 0.0931. The van der Waals surface area contributed by atoms with Crippen LogP contribution in [0.2, 0.25) is 0 Å². The number of imidazole rings is 1. The maximum absolute atomic E-state index is 5.78. The Balaban J connectivity index is 1.54. The number of hydrogen-bond donors (Lipinski definition) is 2. The SMILES string of the molecule is CN=C(NCCCn1ccnc1)NCC(C)COCc1ccccc1. The van der Waals surface area contributed by atoms with Gasteiger partial charge in [-0.15, -0.1) is 0 Å². The number of ether oxygens (including phenoxy) is 1. The van der Waals surface area contributed by atoms with Crippen molar-refractivity contribution in [2.75, 3.05) is 26.7 Å². The Morgan fingerprint density at radius 1 is 1.28 bits per heavy atom. The van der Waals surface area contributed by atoms with Crippen LogP contribution in [0.15, 0.2) is 54.0 Å². The molecular weight excluding hydrogens is 314 g/mol. The van der Waals surface area contributed by atoms with Crippen molar-refractivity contribution in [2.45, 2.75) is 26.5 Å². The molecule has 1 heterocycles. The number of nitrogens with one attached hydrogen (secondary N) is 2. The van der Waals surface area contributed by atoms with Gasteiger partial charge in [0, 0.05) is 39.1 Å². The minimum absolute atomic E-state index is 0.410. The van der Waals surface area contributed by atoms with E-state index in [2.05, 4.69) is 44.2 Å². The van der Waals surface area contributed by atoms with Crippen molar-refractivity contribution in [3.8, 4) is 0 Å². The molecule has 0 radical (unpaired) electrons. The fraction of sp³-hybridized carbons (Fsp3) is 0.474. The Morgan fingerprint density at radius 3 is 2.84 bits per heavy atom. The highest BCUT2D eigenvalue weighted by Gasteiger charge is 2.04. The van der Waals surface area contributed by atoms with Crippen LogP contribution in [0, 0.1) is 5.92 Å². The van der Waals surface area contributed by atoms with E-state index in [-0.39, 0.29) is 0 Å². The van der Waals surface area contributed by atoms with Crippen molar-refractivity contribution in [3.05, 3.63) is 54.6 Å². The molecule has 25 heavy (non-hydrogen) atoms. The molecule has 1 atom stereocenters. The topological polar surface area (TPSA) is 63.5 Å². The number of nitrogens with zero attached hydrogens (tertiary/aromatic N) is 3. The first kappa shape index (κ1) is 19.0.